The van der Waals surface area contributed by atoms with Gasteiger partial charge in [-0.3, -0.25) is 0 Å². The van der Waals surface area contributed by atoms with Gasteiger partial charge in [-0.15, -0.1) is 13.2 Å². The summed E-state index contributed by atoms with van der Waals surface area (Å²) in [6.45, 7) is 16.1. The maximum Gasteiger partial charge on any atom is 0.108 e. The normalized spacial score (nSPS) is 11.1. The summed E-state index contributed by atoms with van der Waals surface area (Å²) in [7, 11) is 0. The fourth-order valence-electron chi connectivity index (χ4n) is 2.30. The molecule has 0 aliphatic carbocycles. The Morgan fingerprint density at radius 3 is 1.95 bits per heavy atom. The molecule has 0 amide bonds. The molecule has 0 bridgehead atoms. The maximum absolute atomic E-state index is 6.15. The standard InChI is InChI=1S/C19H24O/c1-5-12-18(13-6-2)19(7-3,8-4)20-16-17-14-10-9-11-15-17/h5-11,14-15,18H,1-4,12-13,16H2. The number of ether oxygens (including phenoxy) is 1. The highest BCUT2D eigenvalue weighted by Gasteiger charge is 2.32. The van der Waals surface area contributed by atoms with Gasteiger partial charge in [0.2, 0.25) is 0 Å². The molecule has 0 fully saturated rings. The highest BCUT2D eigenvalue weighted by atomic mass is 16.5. The molecule has 1 aromatic rings. The maximum atomic E-state index is 6.15. The number of benzene rings is 1. The smallest absolute Gasteiger partial charge is 0.108 e. The van der Waals surface area contributed by atoms with Gasteiger partial charge in [-0.25, -0.2) is 0 Å². The lowest BCUT2D eigenvalue weighted by atomic mass is 9.82. The Labute approximate surface area is 123 Å². The summed E-state index contributed by atoms with van der Waals surface area (Å²) in [4.78, 5) is 0. The third-order valence-electron chi connectivity index (χ3n) is 3.51. The first-order valence-corrected chi connectivity index (χ1v) is 6.89. The van der Waals surface area contributed by atoms with E-state index < -0.39 is 5.60 Å². The number of allylic oxidation sites excluding steroid dienone is 2. The van der Waals surface area contributed by atoms with Crippen molar-refractivity contribution in [1.82, 2.24) is 0 Å². The summed E-state index contributed by atoms with van der Waals surface area (Å²) in [5.41, 5.74) is 0.578. The van der Waals surface area contributed by atoms with Gasteiger partial charge in [0, 0.05) is 5.92 Å². The molecule has 1 rings (SSSR count). The van der Waals surface area contributed by atoms with Crippen LogP contribution in [0.4, 0.5) is 0 Å². The van der Waals surface area contributed by atoms with Crippen LogP contribution in [0.15, 0.2) is 81.0 Å². The molecule has 20 heavy (non-hydrogen) atoms. The molecule has 106 valence electrons. The largest absolute Gasteiger partial charge is 0.362 e. The van der Waals surface area contributed by atoms with Crippen molar-refractivity contribution >= 4 is 0 Å². The third-order valence-corrected chi connectivity index (χ3v) is 3.51. The minimum Gasteiger partial charge on any atom is -0.362 e. The van der Waals surface area contributed by atoms with E-state index in [1.54, 1.807) is 0 Å². The van der Waals surface area contributed by atoms with Crippen LogP contribution in [-0.2, 0) is 11.3 Å². The molecule has 0 spiro atoms. The molecule has 0 aliphatic heterocycles. The Kier molecular flexibility index (Phi) is 6.75. The molecule has 0 aromatic heterocycles. The lowest BCUT2D eigenvalue weighted by Gasteiger charge is -2.35. The minimum atomic E-state index is -0.557. The quantitative estimate of drug-likeness (QED) is 0.537. The highest BCUT2D eigenvalue weighted by Crippen LogP contribution is 2.32. The van der Waals surface area contributed by atoms with E-state index >= 15 is 0 Å². The number of hydrogen-bond acceptors (Lipinski definition) is 1. The van der Waals surface area contributed by atoms with Crippen LogP contribution in [0.1, 0.15) is 18.4 Å². The average molecular weight is 268 g/mol. The Balaban J connectivity index is 2.88. The zero-order chi connectivity index (χ0) is 14.8. The molecule has 0 heterocycles. The molecule has 0 N–H and O–H groups in total. The van der Waals surface area contributed by atoms with Crippen molar-refractivity contribution in [2.75, 3.05) is 0 Å². The zero-order valence-electron chi connectivity index (χ0n) is 12.1. The average Bonchev–Trinajstić information content (AvgIpc) is 2.50. The van der Waals surface area contributed by atoms with E-state index in [0.717, 1.165) is 18.4 Å². The van der Waals surface area contributed by atoms with Crippen molar-refractivity contribution in [3.05, 3.63) is 86.5 Å². The topological polar surface area (TPSA) is 9.23 Å². The van der Waals surface area contributed by atoms with Crippen LogP contribution in [0.3, 0.4) is 0 Å². The second-order valence-electron chi connectivity index (χ2n) is 4.78. The van der Waals surface area contributed by atoms with Crippen LogP contribution in [0.2, 0.25) is 0 Å². The van der Waals surface area contributed by atoms with Crippen LogP contribution < -0.4 is 0 Å². The summed E-state index contributed by atoms with van der Waals surface area (Å²) < 4.78 is 6.15. The van der Waals surface area contributed by atoms with Gasteiger partial charge in [0.15, 0.2) is 0 Å². The molecule has 0 aliphatic rings. The third kappa shape index (κ3) is 4.07. The summed E-state index contributed by atoms with van der Waals surface area (Å²) in [6.07, 6.45) is 9.14. The second kappa shape index (κ2) is 8.34. The highest BCUT2D eigenvalue weighted by molar-refractivity contribution is 5.17. The molecule has 0 saturated heterocycles. The summed E-state index contributed by atoms with van der Waals surface area (Å²) in [5.74, 6) is 0.219. The molecule has 1 nitrogen and oxygen atoms in total. The summed E-state index contributed by atoms with van der Waals surface area (Å²) in [5, 5.41) is 0. The Bertz CT molecular complexity index is 426. The summed E-state index contributed by atoms with van der Waals surface area (Å²) >= 11 is 0. The van der Waals surface area contributed by atoms with Crippen molar-refractivity contribution in [3.8, 4) is 0 Å². The van der Waals surface area contributed by atoms with Gasteiger partial charge in [-0.2, -0.15) is 0 Å². The fraction of sp³-hybridized carbons (Fsp3) is 0.263. The molecule has 0 unspecified atom stereocenters. The molecule has 1 aromatic carbocycles. The molecule has 0 radical (unpaired) electrons. The van der Waals surface area contributed by atoms with Crippen molar-refractivity contribution in [3.63, 3.8) is 0 Å². The van der Waals surface area contributed by atoms with Gasteiger partial charge in [-0.05, 0) is 18.4 Å². The Hall–Kier alpha value is -1.86. The van der Waals surface area contributed by atoms with Crippen molar-refractivity contribution < 1.29 is 4.74 Å². The van der Waals surface area contributed by atoms with Crippen LogP contribution in [0, 0.1) is 5.92 Å². The van der Waals surface area contributed by atoms with Gasteiger partial charge < -0.3 is 4.74 Å². The van der Waals surface area contributed by atoms with Gasteiger partial charge in [0.05, 0.1) is 6.61 Å². The van der Waals surface area contributed by atoms with E-state index in [1.165, 1.54) is 0 Å². The van der Waals surface area contributed by atoms with Crippen molar-refractivity contribution in [2.24, 2.45) is 5.92 Å². The summed E-state index contributed by atoms with van der Waals surface area (Å²) in [6, 6.07) is 10.1. The first kappa shape index (κ1) is 16.2. The molecule has 1 heteroatoms. The van der Waals surface area contributed by atoms with Crippen molar-refractivity contribution in [1.29, 1.82) is 0 Å². The van der Waals surface area contributed by atoms with E-state index in [9.17, 15) is 0 Å². The second-order valence-corrected chi connectivity index (χ2v) is 4.78. The first-order valence-electron chi connectivity index (χ1n) is 6.89. The van der Waals surface area contributed by atoms with Crippen LogP contribution in [-0.4, -0.2) is 5.60 Å². The lowest BCUT2D eigenvalue weighted by molar-refractivity contribution is -0.0245. The number of hydrogen-bond donors (Lipinski definition) is 0. The van der Waals surface area contributed by atoms with E-state index in [0.29, 0.717) is 6.61 Å². The minimum absolute atomic E-state index is 0.219. The lowest BCUT2D eigenvalue weighted by Crippen LogP contribution is -2.36. The SMILES string of the molecule is C=CCC(CC=C)C(C=C)(C=C)OCc1ccccc1. The van der Waals surface area contributed by atoms with Crippen molar-refractivity contribution in [2.45, 2.75) is 25.0 Å². The van der Waals surface area contributed by atoms with E-state index in [1.807, 2.05) is 54.6 Å². The molecular weight excluding hydrogens is 244 g/mol. The van der Waals surface area contributed by atoms with Gasteiger partial charge >= 0.3 is 0 Å². The van der Waals surface area contributed by atoms with Crippen LogP contribution >= 0.6 is 0 Å². The van der Waals surface area contributed by atoms with Crippen LogP contribution in [0.25, 0.3) is 0 Å². The zero-order valence-corrected chi connectivity index (χ0v) is 12.1. The monoisotopic (exact) mass is 268 g/mol. The predicted molar refractivity (Wildman–Crippen MR) is 87.5 cm³/mol. The fourth-order valence-corrected chi connectivity index (χ4v) is 2.30. The molecule has 0 atom stereocenters. The Morgan fingerprint density at radius 2 is 1.50 bits per heavy atom. The molecular formula is C19H24O. The van der Waals surface area contributed by atoms with E-state index in [-0.39, 0.29) is 5.92 Å². The predicted octanol–water partition coefficient (Wildman–Crippen LogP) is 5.08. The van der Waals surface area contributed by atoms with Gasteiger partial charge in [0.1, 0.15) is 5.60 Å². The first-order chi connectivity index (χ1) is 9.72. The van der Waals surface area contributed by atoms with E-state index in [2.05, 4.69) is 26.3 Å². The van der Waals surface area contributed by atoms with E-state index in [4.69, 9.17) is 4.74 Å². The van der Waals surface area contributed by atoms with Gasteiger partial charge in [0.25, 0.3) is 0 Å². The molecule has 0 saturated carbocycles. The van der Waals surface area contributed by atoms with Gasteiger partial charge in [-0.1, -0.05) is 67.8 Å². The van der Waals surface area contributed by atoms with Crippen LogP contribution in [0.5, 0.6) is 0 Å². The number of rotatable bonds is 10. The Morgan fingerprint density at radius 1 is 0.950 bits per heavy atom.